The molecule has 17 heavy (non-hydrogen) atoms. The summed E-state index contributed by atoms with van der Waals surface area (Å²) >= 11 is 0. The molecule has 2 saturated carbocycles. The first-order chi connectivity index (χ1) is 8.20. The Morgan fingerprint density at radius 2 is 1.71 bits per heavy atom. The normalized spacial score (nSPS) is 43.3. The zero-order valence-electron chi connectivity index (χ0n) is 10.6. The van der Waals surface area contributed by atoms with Gasteiger partial charge in [-0.1, -0.05) is 6.08 Å². The quantitative estimate of drug-likeness (QED) is 0.621. The van der Waals surface area contributed by atoms with Crippen LogP contribution in [0.2, 0.25) is 0 Å². The van der Waals surface area contributed by atoms with E-state index in [-0.39, 0.29) is 12.3 Å². The molecule has 2 aliphatic rings. The number of rotatable bonds is 3. The molecule has 0 aromatic rings. The molecule has 2 heteroatoms. The Hall–Kier alpha value is -0.400. The first-order valence-corrected chi connectivity index (χ1v) is 7.09. The van der Waals surface area contributed by atoms with Gasteiger partial charge in [0.1, 0.15) is 12.3 Å². The second kappa shape index (κ2) is 5.97. The van der Waals surface area contributed by atoms with Gasteiger partial charge in [-0.05, 0) is 62.7 Å². The highest BCUT2D eigenvalue weighted by Crippen LogP contribution is 2.42. The summed E-state index contributed by atoms with van der Waals surface area (Å²) in [4.78, 5) is 0. The van der Waals surface area contributed by atoms with Crippen molar-refractivity contribution in [2.45, 2.75) is 63.7 Å². The molecular formula is C15H24F2. The number of halogens is 2. The molecule has 0 spiro atoms. The fourth-order valence-electron chi connectivity index (χ4n) is 3.71. The van der Waals surface area contributed by atoms with Crippen LogP contribution in [0.3, 0.4) is 0 Å². The first-order valence-electron chi connectivity index (χ1n) is 7.09. The Bertz CT molecular complexity index is 243. The summed E-state index contributed by atoms with van der Waals surface area (Å²) in [6.07, 6.45) is 7.51. The fraction of sp³-hybridized carbons (Fsp3) is 0.867. The van der Waals surface area contributed by atoms with E-state index in [0.717, 1.165) is 31.6 Å². The minimum absolute atomic E-state index is 0.145. The molecule has 0 nitrogen and oxygen atoms in total. The predicted octanol–water partition coefficient (Wildman–Crippen LogP) is 4.85. The molecule has 0 amide bonds. The van der Waals surface area contributed by atoms with E-state index in [1.807, 2.05) is 6.08 Å². The summed E-state index contributed by atoms with van der Waals surface area (Å²) < 4.78 is 27.0. The van der Waals surface area contributed by atoms with Gasteiger partial charge >= 0.3 is 0 Å². The van der Waals surface area contributed by atoms with Crippen LogP contribution in [-0.2, 0) is 0 Å². The Balaban J connectivity index is 1.81. The Morgan fingerprint density at radius 3 is 2.29 bits per heavy atom. The van der Waals surface area contributed by atoms with Crippen molar-refractivity contribution < 1.29 is 8.78 Å². The van der Waals surface area contributed by atoms with Crippen molar-refractivity contribution in [1.82, 2.24) is 0 Å². The van der Waals surface area contributed by atoms with Crippen molar-refractivity contribution in [2.24, 2.45) is 17.8 Å². The summed E-state index contributed by atoms with van der Waals surface area (Å²) in [5.41, 5.74) is 0. The van der Waals surface area contributed by atoms with Crippen molar-refractivity contribution in [3.63, 3.8) is 0 Å². The minimum Gasteiger partial charge on any atom is -0.247 e. The molecule has 2 fully saturated rings. The van der Waals surface area contributed by atoms with Crippen LogP contribution in [0.15, 0.2) is 12.7 Å². The maximum Gasteiger partial charge on any atom is 0.106 e. The second-order valence-electron chi connectivity index (χ2n) is 5.90. The molecule has 0 aliphatic heterocycles. The maximum absolute atomic E-state index is 13.9. The lowest BCUT2D eigenvalue weighted by molar-refractivity contribution is 0.0472. The first kappa shape index (κ1) is 13.0. The molecule has 2 rings (SSSR count). The van der Waals surface area contributed by atoms with Crippen molar-refractivity contribution in [2.75, 3.05) is 0 Å². The lowest BCUT2D eigenvalue weighted by atomic mass is 9.69. The van der Waals surface area contributed by atoms with Gasteiger partial charge in [0.05, 0.1) is 0 Å². The average Bonchev–Trinajstić information content (AvgIpc) is 2.31. The molecule has 0 N–H and O–H groups in total. The van der Waals surface area contributed by atoms with Crippen LogP contribution in [0.25, 0.3) is 0 Å². The molecule has 0 radical (unpaired) electrons. The molecule has 0 aromatic heterocycles. The van der Waals surface area contributed by atoms with Crippen LogP contribution < -0.4 is 0 Å². The molecule has 0 saturated heterocycles. The van der Waals surface area contributed by atoms with E-state index in [2.05, 4.69) is 6.58 Å². The van der Waals surface area contributed by atoms with Gasteiger partial charge in [-0.25, -0.2) is 8.78 Å². The maximum atomic E-state index is 13.9. The molecule has 3 atom stereocenters. The van der Waals surface area contributed by atoms with Crippen LogP contribution in [0.5, 0.6) is 0 Å². The number of alkyl halides is 2. The van der Waals surface area contributed by atoms with Crippen LogP contribution >= 0.6 is 0 Å². The van der Waals surface area contributed by atoms with Gasteiger partial charge < -0.3 is 0 Å². The van der Waals surface area contributed by atoms with Gasteiger partial charge in [-0.2, -0.15) is 0 Å². The summed E-state index contributed by atoms with van der Waals surface area (Å²) in [7, 11) is 0. The van der Waals surface area contributed by atoms with Crippen molar-refractivity contribution >= 4 is 0 Å². The largest absolute Gasteiger partial charge is 0.247 e. The fourth-order valence-corrected chi connectivity index (χ4v) is 3.71. The van der Waals surface area contributed by atoms with Crippen LogP contribution in [0.4, 0.5) is 8.78 Å². The summed E-state index contributed by atoms with van der Waals surface area (Å²) in [5.74, 6) is 1.42. The third-order valence-corrected chi connectivity index (χ3v) is 4.76. The topological polar surface area (TPSA) is 0 Å². The predicted molar refractivity (Wildman–Crippen MR) is 67.4 cm³/mol. The van der Waals surface area contributed by atoms with E-state index in [1.165, 1.54) is 12.8 Å². The SMILES string of the molecule is C=CCC1CCC(C2CCC(F)CC2F)CC1. The van der Waals surface area contributed by atoms with Crippen molar-refractivity contribution in [1.29, 1.82) is 0 Å². The molecule has 0 aromatic carbocycles. The Kier molecular flexibility index (Phi) is 4.58. The van der Waals surface area contributed by atoms with E-state index in [9.17, 15) is 8.78 Å². The van der Waals surface area contributed by atoms with E-state index < -0.39 is 12.3 Å². The van der Waals surface area contributed by atoms with Gasteiger partial charge in [0, 0.05) is 6.42 Å². The molecule has 3 unspecified atom stereocenters. The second-order valence-corrected chi connectivity index (χ2v) is 5.90. The van der Waals surface area contributed by atoms with Crippen molar-refractivity contribution in [3.8, 4) is 0 Å². The van der Waals surface area contributed by atoms with Crippen LogP contribution in [0, 0.1) is 17.8 Å². The lowest BCUT2D eigenvalue weighted by Gasteiger charge is -2.38. The Labute approximate surface area is 103 Å². The highest BCUT2D eigenvalue weighted by Gasteiger charge is 2.37. The number of hydrogen-bond acceptors (Lipinski definition) is 0. The highest BCUT2D eigenvalue weighted by molar-refractivity contribution is 4.88. The minimum atomic E-state index is -0.890. The standard InChI is InChI=1S/C15H24F2/c1-2-3-11-4-6-12(7-5-11)14-9-8-13(16)10-15(14)17/h2,11-15H,1,3-10H2. The zero-order valence-corrected chi connectivity index (χ0v) is 10.6. The third-order valence-electron chi connectivity index (χ3n) is 4.76. The van der Waals surface area contributed by atoms with Crippen molar-refractivity contribution in [3.05, 3.63) is 12.7 Å². The van der Waals surface area contributed by atoms with E-state index in [4.69, 9.17) is 0 Å². The molecule has 0 bridgehead atoms. The van der Waals surface area contributed by atoms with Crippen LogP contribution in [-0.4, -0.2) is 12.3 Å². The summed E-state index contributed by atoms with van der Waals surface area (Å²) in [6, 6.07) is 0. The van der Waals surface area contributed by atoms with Crippen LogP contribution in [0.1, 0.15) is 51.4 Å². The third kappa shape index (κ3) is 3.29. The number of hydrogen-bond donors (Lipinski definition) is 0. The van der Waals surface area contributed by atoms with Gasteiger partial charge in [0.15, 0.2) is 0 Å². The lowest BCUT2D eigenvalue weighted by Crippen LogP contribution is -2.34. The van der Waals surface area contributed by atoms with Gasteiger partial charge in [-0.3, -0.25) is 0 Å². The van der Waals surface area contributed by atoms with E-state index in [0.29, 0.717) is 12.3 Å². The van der Waals surface area contributed by atoms with Gasteiger partial charge in [0.2, 0.25) is 0 Å². The Morgan fingerprint density at radius 1 is 1.00 bits per heavy atom. The van der Waals surface area contributed by atoms with E-state index in [1.54, 1.807) is 0 Å². The van der Waals surface area contributed by atoms with Gasteiger partial charge in [0.25, 0.3) is 0 Å². The molecule has 0 heterocycles. The molecule has 98 valence electrons. The summed E-state index contributed by atoms with van der Waals surface area (Å²) in [6.45, 7) is 3.78. The highest BCUT2D eigenvalue weighted by atomic mass is 19.1. The number of allylic oxidation sites excluding steroid dienone is 1. The average molecular weight is 242 g/mol. The zero-order chi connectivity index (χ0) is 12.3. The molecular weight excluding hydrogens is 218 g/mol. The monoisotopic (exact) mass is 242 g/mol. The molecule has 2 aliphatic carbocycles. The smallest absolute Gasteiger partial charge is 0.106 e. The van der Waals surface area contributed by atoms with E-state index >= 15 is 0 Å². The van der Waals surface area contributed by atoms with Gasteiger partial charge in [-0.15, -0.1) is 6.58 Å². The summed E-state index contributed by atoms with van der Waals surface area (Å²) in [5, 5.41) is 0.